The summed E-state index contributed by atoms with van der Waals surface area (Å²) in [5, 5.41) is 2.37. The molecule has 1 aromatic carbocycles. The summed E-state index contributed by atoms with van der Waals surface area (Å²) in [5.41, 5.74) is -0.386. The van der Waals surface area contributed by atoms with Crippen LogP contribution in [0.2, 0.25) is 0 Å². The topological polar surface area (TPSA) is 113 Å². The number of hydrogen-bond acceptors (Lipinski definition) is 6. The third-order valence-corrected chi connectivity index (χ3v) is 3.69. The first-order valence-corrected chi connectivity index (χ1v) is 7.47. The van der Waals surface area contributed by atoms with E-state index in [-0.39, 0.29) is 12.3 Å². The second-order valence-corrected chi connectivity index (χ2v) is 5.59. The number of anilines is 1. The smallest absolute Gasteiger partial charge is 0.356 e. The predicted molar refractivity (Wildman–Crippen MR) is 73.3 cm³/mol. The molecule has 21 heavy (non-hydrogen) atoms. The predicted octanol–water partition coefficient (Wildman–Crippen LogP) is 0.209. The van der Waals surface area contributed by atoms with Gasteiger partial charge in [-0.05, 0) is 19.1 Å². The van der Waals surface area contributed by atoms with Crippen molar-refractivity contribution < 1.29 is 27.3 Å². The number of para-hydroxylation sites is 1. The molecular formula is C12H12N2O6S. The number of rotatable bonds is 4. The first-order valence-electron chi connectivity index (χ1n) is 5.97. The molecule has 2 rings (SSSR count). The summed E-state index contributed by atoms with van der Waals surface area (Å²) in [4.78, 5) is 23.9. The Bertz CT molecular complexity index is 698. The molecule has 1 atom stereocenters. The van der Waals surface area contributed by atoms with Crippen molar-refractivity contribution in [2.24, 2.45) is 5.10 Å². The van der Waals surface area contributed by atoms with Crippen LogP contribution in [-0.4, -0.2) is 42.4 Å². The van der Waals surface area contributed by atoms with Gasteiger partial charge in [-0.15, -0.1) is 0 Å². The van der Waals surface area contributed by atoms with Crippen molar-refractivity contribution in [3.8, 4) is 0 Å². The maximum absolute atomic E-state index is 12.1. The Morgan fingerprint density at radius 2 is 2.00 bits per heavy atom. The molecule has 0 aliphatic carbocycles. The van der Waals surface area contributed by atoms with E-state index in [1.807, 2.05) is 0 Å². The van der Waals surface area contributed by atoms with Gasteiger partial charge in [0, 0.05) is 0 Å². The molecule has 1 aliphatic rings. The van der Waals surface area contributed by atoms with Gasteiger partial charge >= 0.3 is 5.97 Å². The minimum atomic E-state index is -4.83. The van der Waals surface area contributed by atoms with Gasteiger partial charge in [0.15, 0.2) is 5.71 Å². The van der Waals surface area contributed by atoms with Crippen molar-refractivity contribution >= 4 is 33.4 Å². The Balaban J connectivity index is 2.47. The maximum atomic E-state index is 12.1. The summed E-state index contributed by atoms with van der Waals surface area (Å²) < 4.78 is 36.6. The van der Waals surface area contributed by atoms with Gasteiger partial charge in [0.05, 0.1) is 12.3 Å². The minimum absolute atomic E-state index is 0.0183. The molecule has 1 aliphatic heterocycles. The fraction of sp³-hybridized carbons (Fsp3) is 0.250. The van der Waals surface area contributed by atoms with Gasteiger partial charge in [-0.2, -0.15) is 18.5 Å². The molecule has 0 unspecified atom stereocenters. The first-order chi connectivity index (χ1) is 9.86. The average molecular weight is 312 g/mol. The molecule has 0 aromatic heterocycles. The number of amides is 1. The number of hydrazone groups is 1. The van der Waals surface area contributed by atoms with E-state index >= 15 is 0 Å². The lowest BCUT2D eigenvalue weighted by Gasteiger charge is -2.12. The number of hydrogen-bond donors (Lipinski definition) is 1. The third kappa shape index (κ3) is 2.93. The molecular weight excluding hydrogens is 300 g/mol. The molecule has 1 heterocycles. The molecule has 0 fully saturated rings. The molecule has 0 spiro atoms. The normalized spacial score (nSPS) is 18.6. The summed E-state index contributed by atoms with van der Waals surface area (Å²) in [6, 6.07) is 7.94. The quantitative estimate of drug-likeness (QED) is 0.628. The molecule has 9 heteroatoms. The number of carbonyl (C=O) groups excluding carboxylic acids is 2. The SMILES string of the molecule is CCOC(=O)C1=NN(c2ccccc2)C(=O)[C@H]1S(=O)(=O)O. The van der Waals surface area contributed by atoms with Gasteiger partial charge < -0.3 is 4.74 Å². The van der Waals surface area contributed by atoms with Crippen LogP contribution < -0.4 is 5.01 Å². The standard InChI is InChI=1S/C12H12N2O6S/c1-2-20-12(16)9-10(21(17,18)19)11(15)14(13-9)8-6-4-3-5-7-8/h3-7,10H,2H2,1H3,(H,17,18,19)/t10-/m0/s1. The summed E-state index contributed by atoms with van der Waals surface area (Å²) in [7, 11) is -4.83. The van der Waals surface area contributed by atoms with E-state index in [1.54, 1.807) is 18.2 Å². The Kier molecular flexibility index (Phi) is 4.05. The second-order valence-electron chi connectivity index (χ2n) is 4.09. The van der Waals surface area contributed by atoms with Crippen LogP contribution >= 0.6 is 0 Å². The zero-order valence-corrected chi connectivity index (χ0v) is 11.8. The lowest BCUT2D eigenvalue weighted by Crippen LogP contribution is -2.41. The highest BCUT2D eigenvalue weighted by Crippen LogP contribution is 2.23. The molecule has 0 bridgehead atoms. The van der Waals surface area contributed by atoms with E-state index in [9.17, 15) is 22.6 Å². The first kappa shape index (κ1) is 15.1. The van der Waals surface area contributed by atoms with Crippen LogP contribution in [0.15, 0.2) is 35.4 Å². The van der Waals surface area contributed by atoms with Gasteiger partial charge in [-0.25, -0.2) is 4.79 Å². The van der Waals surface area contributed by atoms with E-state index in [1.165, 1.54) is 19.1 Å². The van der Waals surface area contributed by atoms with E-state index in [2.05, 4.69) is 9.84 Å². The van der Waals surface area contributed by atoms with Crippen molar-refractivity contribution in [1.82, 2.24) is 0 Å². The zero-order valence-electron chi connectivity index (χ0n) is 11.0. The van der Waals surface area contributed by atoms with Crippen molar-refractivity contribution in [2.45, 2.75) is 12.2 Å². The largest absolute Gasteiger partial charge is 0.461 e. The Labute approximate surface area is 120 Å². The van der Waals surface area contributed by atoms with E-state index in [0.29, 0.717) is 0 Å². The van der Waals surface area contributed by atoms with Crippen LogP contribution in [0.5, 0.6) is 0 Å². The number of esters is 1. The Hall–Kier alpha value is -2.26. The molecule has 0 radical (unpaired) electrons. The second kappa shape index (κ2) is 5.62. The van der Waals surface area contributed by atoms with Gasteiger partial charge in [0.25, 0.3) is 16.0 Å². The van der Waals surface area contributed by atoms with Crippen LogP contribution in [0.3, 0.4) is 0 Å². The zero-order chi connectivity index (χ0) is 15.6. The molecule has 1 amide bonds. The van der Waals surface area contributed by atoms with Crippen LogP contribution in [-0.2, 0) is 24.4 Å². The number of benzene rings is 1. The average Bonchev–Trinajstić information content (AvgIpc) is 2.77. The highest BCUT2D eigenvalue weighted by molar-refractivity contribution is 7.88. The summed E-state index contributed by atoms with van der Waals surface area (Å²) in [6.45, 7) is 1.50. The Morgan fingerprint density at radius 3 is 2.52 bits per heavy atom. The lowest BCUT2D eigenvalue weighted by atomic mass is 10.2. The fourth-order valence-electron chi connectivity index (χ4n) is 1.81. The van der Waals surface area contributed by atoms with Crippen LogP contribution in [0.1, 0.15) is 6.92 Å². The maximum Gasteiger partial charge on any atom is 0.356 e. The molecule has 112 valence electrons. The highest BCUT2D eigenvalue weighted by Gasteiger charge is 2.48. The van der Waals surface area contributed by atoms with Crippen LogP contribution in [0.25, 0.3) is 0 Å². The molecule has 8 nitrogen and oxygen atoms in total. The number of ether oxygens (including phenoxy) is 1. The van der Waals surface area contributed by atoms with Gasteiger partial charge in [-0.1, -0.05) is 18.2 Å². The van der Waals surface area contributed by atoms with Crippen LogP contribution in [0.4, 0.5) is 5.69 Å². The minimum Gasteiger partial charge on any atom is -0.461 e. The third-order valence-electron chi connectivity index (χ3n) is 2.67. The summed E-state index contributed by atoms with van der Waals surface area (Å²) >= 11 is 0. The van der Waals surface area contributed by atoms with Gasteiger partial charge in [-0.3, -0.25) is 9.35 Å². The molecule has 1 aromatic rings. The molecule has 0 saturated carbocycles. The van der Waals surface area contributed by atoms with Gasteiger partial charge in [0.2, 0.25) is 5.25 Å². The monoisotopic (exact) mass is 312 g/mol. The van der Waals surface area contributed by atoms with Crippen molar-refractivity contribution in [2.75, 3.05) is 11.6 Å². The van der Waals surface area contributed by atoms with Gasteiger partial charge in [0.1, 0.15) is 0 Å². The number of carbonyl (C=O) groups is 2. The highest BCUT2D eigenvalue weighted by atomic mass is 32.2. The molecule has 0 saturated heterocycles. The number of nitrogens with zero attached hydrogens (tertiary/aromatic N) is 2. The van der Waals surface area contributed by atoms with E-state index < -0.39 is 33.0 Å². The van der Waals surface area contributed by atoms with E-state index in [4.69, 9.17) is 0 Å². The Morgan fingerprint density at radius 1 is 1.38 bits per heavy atom. The molecule has 1 N–H and O–H groups in total. The van der Waals surface area contributed by atoms with Crippen molar-refractivity contribution in [3.05, 3.63) is 30.3 Å². The lowest BCUT2D eigenvalue weighted by molar-refractivity contribution is -0.135. The van der Waals surface area contributed by atoms with E-state index in [0.717, 1.165) is 5.01 Å². The fourth-order valence-corrected chi connectivity index (χ4v) is 2.59. The summed E-state index contributed by atoms with van der Waals surface area (Å²) in [5.74, 6) is -2.10. The van der Waals surface area contributed by atoms with Crippen molar-refractivity contribution in [1.29, 1.82) is 0 Å². The van der Waals surface area contributed by atoms with Crippen LogP contribution in [0, 0.1) is 0 Å². The van der Waals surface area contributed by atoms with Crippen molar-refractivity contribution in [3.63, 3.8) is 0 Å². The summed E-state index contributed by atoms with van der Waals surface area (Å²) in [6.07, 6.45) is 0.